The Morgan fingerprint density at radius 2 is 1.70 bits per heavy atom. The monoisotopic (exact) mass is 356 g/mol. The Bertz CT molecular complexity index is 1110. The lowest BCUT2D eigenvalue weighted by Crippen LogP contribution is -2.22. The van der Waals surface area contributed by atoms with Crippen LogP contribution in [-0.4, -0.2) is 10.9 Å². The summed E-state index contributed by atoms with van der Waals surface area (Å²) in [7, 11) is 0. The first-order valence-corrected chi connectivity index (χ1v) is 8.67. The molecule has 4 heteroatoms. The van der Waals surface area contributed by atoms with E-state index in [9.17, 15) is 9.18 Å². The van der Waals surface area contributed by atoms with E-state index in [0.717, 1.165) is 27.6 Å². The number of rotatable bonds is 4. The number of aromatic nitrogens is 1. The van der Waals surface area contributed by atoms with E-state index in [0.29, 0.717) is 12.1 Å². The standard InChI is InChI=1S/C23H17FN2O/c24-21-10-8-16(9-11-21)14-26-23(27)19-6-3-5-17(12-19)20-13-18-4-1-2-7-22(18)25-15-20/h1-13,15H,14H2,(H,26,27). The molecule has 4 aromatic rings. The quantitative estimate of drug-likeness (QED) is 0.561. The van der Waals surface area contributed by atoms with Gasteiger partial charge in [-0.05, 0) is 47.5 Å². The zero-order valence-corrected chi connectivity index (χ0v) is 14.5. The molecule has 0 aliphatic heterocycles. The molecule has 0 bridgehead atoms. The predicted molar refractivity (Wildman–Crippen MR) is 105 cm³/mol. The van der Waals surface area contributed by atoms with E-state index in [4.69, 9.17) is 0 Å². The topological polar surface area (TPSA) is 42.0 Å². The van der Waals surface area contributed by atoms with E-state index < -0.39 is 0 Å². The molecule has 0 atom stereocenters. The molecule has 132 valence electrons. The maximum absolute atomic E-state index is 13.0. The van der Waals surface area contributed by atoms with Crippen molar-refractivity contribution < 1.29 is 9.18 Å². The zero-order chi connectivity index (χ0) is 18.6. The van der Waals surface area contributed by atoms with Crippen molar-refractivity contribution in [2.45, 2.75) is 6.54 Å². The molecule has 0 saturated heterocycles. The zero-order valence-electron chi connectivity index (χ0n) is 14.5. The van der Waals surface area contributed by atoms with E-state index in [1.165, 1.54) is 12.1 Å². The van der Waals surface area contributed by atoms with Crippen molar-refractivity contribution in [2.24, 2.45) is 0 Å². The largest absolute Gasteiger partial charge is 0.348 e. The van der Waals surface area contributed by atoms with E-state index in [2.05, 4.69) is 16.4 Å². The van der Waals surface area contributed by atoms with Gasteiger partial charge in [-0.2, -0.15) is 0 Å². The molecule has 0 aliphatic rings. The highest BCUT2D eigenvalue weighted by Gasteiger charge is 2.08. The molecule has 1 aromatic heterocycles. The lowest BCUT2D eigenvalue weighted by atomic mass is 10.0. The number of carbonyl (C=O) groups is 1. The van der Waals surface area contributed by atoms with Crippen molar-refractivity contribution in [2.75, 3.05) is 0 Å². The number of pyridine rings is 1. The van der Waals surface area contributed by atoms with Crippen LogP contribution in [-0.2, 0) is 6.54 Å². The van der Waals surface area contributed by atoms with E-state index in [1.54, 1.807) is 18.2 Å². The van der Waals surface area contributed by atoms with Gasteiger partial charge in [0.05, 0.1) is 5.52 Å². The molecule has 1 N–H and O–H groups in total. The highest BCUT2D eigenvalue weighted by molar-refractivity contribution is 5.95. The van der Waals surface area contributed by atoms with Gasteiger partial charge in [-0.25, -0.2) is 4.39 Å². The third-order valence-electron chi connectivity index (χ3n) is 4.41. The number of nitrogens with one attached hydrogen (secondary N) is 1. The third-order valence-corrected chi connectivity index (χ3v) is 4.41. The molecule has 0 spiro atoms. The van der Waals surface area contributed by atoms with Crippen LogP contribution in [0.4, 0.5) is 4.39 Å². The van der Waals surface area contributed by atoms with Gasteiger partial charge < -0.3 is 5.32 Å². The molecule has 27 heavy (non-hydrogen) atoms. The van der Waals surface area contributed by atoms with Gasteiger partial charge in [-0.1, -0.05) is 42.5 Å². The van der Waals surface area contributed by atoms with Crippen LogP contribution >= 0.6 is 0 Å². The maximum Gasteiger partial charge on any atom is 0.251 e. The van der Waals surface area contributed by atoms with Gasteiger partial charge in [-0.3, -0.25) is 9.78 Å². The number of hydrogen-bond acceptors (Lipinski definition) is 2. The second-order valence-electron chi connectivity index (χ2n) is 6.31. The molecule has 3 nitrogen and oxygen atoms in total. The molecular formula is C23H17FN2O. The van der Waals surface area contributed by atoms with E-state index >= 15 is 0 Å². The number of para-hydroxylation sites is 1. The summed E-state index contributed by atoms with van der Waals surface area (Å²) in [5.41, 5.74) is 4.25. The van der Waals surface area contributed by atoms with Crippen LogP contribution in [0, 0.1) is 5.82 Å². The number of halogens is 1. The summed E-state index contributed by atoms with van der Waals surface area (Å²) >= 11 is 0. The van der Waals surface area contributed by atoms with Gasteiger partial charge in [0.2, 0.25) is 0 Å². The highest BCUT2D eigenvalue weighted by Crippen LogP contribution is 2.23. The first-order chi connectivity index (χ1) is 13.2. The van der Waals surface area contributed by atoms with Crippen LogP contribution in [0.25, 0.3) is 22.0 Å². The summed E-state index contributed by atoms with van der Waals surface area (Å²) < 4.78 is 13.0. The Morgan fingerprint density at radius 1 is 0.889 bits per heavy atom. The average Bonchev–Trinajstić information content (AvgIpc) is 2.73. The Labute approximate surface area is 156 Å². The lowest BCUT2D eigenvalue weighted by Gasteiger charge is -2.08. The van der Waals surface area contributed by atoms with Gasteiger partial charge in [0.25, 0.3) is 5.91 Å². The molecule has 0 radical (unpaired) electrons. The van der Waals surface area contributed by atoms with Gasteiger partial charge in [-0.15, -0.1) is 0 Å². The predicted octanol–water partition coefficient (Wildman–Crippen LogP) is 4.97. The lowest BCUT2D eigenvalue weighted by molar-refractivity contribution is 0.0951. The molecule has 0 unspecified atom stereocenters. The van der Waals surface area contributed by atoms with Gasteiger partial charge in [0.1, 0.15) is 5.82 Å². The minimum Gasteiger partial charge on any atom is -0.348 e. The number of benzene rings is 3. The Hall–Kier alpha value is -3.53. The Balaban J connectivity index is 1.54. The average molecular weight is 356 g/mol. The summed E-state index contributed by atoms with van der Waals surface area (Å²) in [6.07, 6.45) is 1.82. The molecule has 4 rings (SSSR count). The first kappa shape index (κ1) is 16.9. The van der Waals surface area contributed by atoms with Crippen LogP contribution in [0.15, 0.2) is 85.1 Å². The van der Waals surface area contributed by atoms with Crippen molar-refractivity contribution >= 4 is 16.8 Å². The Kier molecular flexibility index (Phi) is 4.62. The van der Waals surface area contributed by atoms with Crippen LogP contribution in [0.3, 0.4) is 0 Å². The van der Waals surface area contributed by atoms with Crippen LogP contribution < -0.4 is 5.32 Å². The normalized spacial score (nSPS) is 10.7. The number of carbonyl (C=O) groups excluding carboxylic acids is 1. The van der Waals surface area contributed by atoms with Gasteiger partial charge in [0, 0.05) is 29.3 Å². The van der Waals surface area contributed by atoms with E-state index in [1.807, 2.05) is 48.7 Å². The minimum absolute atomic E-state index is 0.171. The number of amides is 1. The molecule has 0 fully saturated rings. The van der Waals surface area contributed by atoms with Crippen molar-refractivity contribution in [3.8, 4) is 11.1 Å². The van der Waals surface area contributed by atoms with E-state index in [-0.39, 0.29) is 11.7 Å². The van der Waals surface area contributed by atoms with Crippen LogP contribution in [0.5, 0.6) is 0 Å². The first-order valence-electron chi connectivity index (χ1n) is 8.67. The number of nitrogens with zero attached hydrogens (tertiary/aromatic N) is 1. The van der Waals surface area contributed by atoms with Gasteiger partial charge >= 0.3 is 0 Å². The summed E-state index contributed by atoms with van der Waals surface area (Å²) in [6.45, 7) is 0.348. The highest BCUT2D eigenvalue weighted by atomic mass is 19.1. The molecule has 1 amide bonds. The molecule has 0 aliphatic carbocycles. The fourth-order valence-corrected chi connectivity index (χ4v) is 2.96. The van der Waals surface area contributed by atoms with Gasteiger partial charge in [0.15, 0.2) is 0 Å². The van der Waals surface area contributed by atoms with Crippen molar-refractivity contribution in [1.82, 2.24) is 10.3 Å². The second-order valence-corrected chi connectivity index (χ2v) is 6.31. The van der Waals surface area contributed by atoms with Crippen LogP contribution in [0.1, 0.15) is 15.9 Å². The smallest absolute Gasteiger partial charge is 0.251 e. The molecular weight excluding hydrogens is 339 g/mol. The fraction of sp³-hybridized carbons (Fsp3) is 0.0435. The summed E-state index contributed by atoms with van der Waals surface area (Å²) in [5.74, 6) is -0.461. The minimum atomic E-state index is -0.290. The fourth-order valence-electron chi connectivity index (χ4n) is 2.96. The summed E-state index contributed by atoms with van der Waals surface area (Å²) in [5, 5.41) is 3.92. The third kappa shape index (κ3) is 3.85. The van der Waals surface area contributed by atoms with Crippen LogP contribution in [0.2, 0.25) is 0 Å². The SMILES string of the molecule is O=C(NCc1ccc(F)cc1)c1cccc(-c2cnc3ccccc3c2)c1. The van der Waals surface area contributed by atoms with Crippen molar-refractivity contribution in [3.63, 3.8) is 0 Å². The molecule has 3 aromatic carbocycles. The summed E-state index contributed by atoms with van der Waals surface area (Å²) in [6, 6.07) is 23.5. The van der Waals surface area contributed by atoms with Crippen molar-refractivity contribution in [3.05, 3.63) is 102 Å². The second kappa shape index (κ2) is 7.38. The number of hydrogen-bond donors (Lipinski definition) is 1. The number of fused-ring (bicyclic) bond motifs is 1. The summed E-state index contributed by atoms with van der Waals surface area (Å²) in [4.78, 5) is 17.0. The van der Waals surface area contributed by atoms with Crippen molar-refractivity contribution in [1.29, 1.82) is 0 Å². The molecule has 0 saturated carbocycles. The maximum atomic E-state index is 13.0. The Morgan fingerprint density at radius 3 is 2.56 bits per heavy atom. The molecule has 1 heterocycles.